The molecule has 1 aliphatic heterocycles. The molecule has 3 aromatic rings. The number of aromatic nitrogens is 3. The van der Waals surface area contributed by atoms with Crippen LogP contribution in [0.2, 0.25) is 0 Å². The maximum absolute atomic E-state index is 13.2. The van der Waals surface area contributed by atoms with Gasteiger partial charge in [0.15, 0.2) is 0 Å². The number of hydrogen-bond acceptors (Lipinski definition) is 7. The fourth-order valence-corrected chi connectivity index (χ4v) is 4.95. The molecule has 0 saturated carbocycles. The number of piperazine rings is 1. The van der Waals surface area contributed by atoms with Crippen LogP contribution in [0.5, 0.6) is 0 Å². The van der Waals surface area contributed by atoms with Gasteiger partial charge in [-0.25, -0.2) is 9.67 Å². The molecule has 0 aliphatic carbocycles. The minimum absolute atomic E-state index is 0.214. The van der Waals surface area contributed by atoms with Crippen LogP contribution in [0.3, 0.4) is 0 Å². The van der Waals surface area contributed by atoms with Crippen molar-refractivity contribution in [3.8, 4) is 10.6 Å². The molecule has 1 amide bonds. The Bertz CT molecular complexity index is 1220. The molecule has 3 heterocycles. The molecule has 4 rings (SSSR count). The molecule has 1 fully saturated rings. The summed E-state index contributed by atoms with van der Waals surface area (Å²) >= 11 is 1.24. The summed E-state index contributed by atoms with van der Waals surface area (Å²) in [6.45, 7) is 9.32. The number of rotatable bonds is 4. The zero-order valence-electron chi connectivity index (χ0n) is 19.1. The number of likely N-dealkylation sites (N-methyl/N-ethyl adjacent to an activating group) is 1. The van der Waals surface area contributed by atoms with Gasteiger partial charge in [0.25, 0.3) is 11.5 Å². The second kappa shape index (κ2) is 8.84. The molecule has 8 nitrogen and oxygen atoms in total. The van der Waals surface area contributed by atoms with Crippen LogP contribution in [0.4, 0.5) is 11.4 Å². The van der Waals surface area contributed by atoms with Crippen molar-refractivity contribution in [3.05, 3.63) is 56.4 Å². The smallest absolute Gasteiger partial charge is 0.277 e. The summed E-state index contributed by atoms with van der Waals surface area (Å²) in [5.74, 6) is -0.215. The highest BCUT2D eigenvalue weighted by molar-refractivity contribution is 7.17. The van der Waals surface area contributed by atoms with Crippen LogP contribution in [0.15, 0.2) is 29.1 Å². The molecule has 0 unspecified atom stereocenters. The molecule has 1 N–H and O–H groups in total. The molecule has 0 bridgehead atoms. The number of thiazole rings is 1. The number of aryl methyl sites for hydroxylation is 3. The van der Waals surface area contributed by atoms with E-state index in [0.717, 1.165) is 48.8 Å². The molecular weight excluding hydrogens is 424 g/mol. The van der Waals surface area contributed by atoms with Crippen LogP contribution in [0.1, 0.15) is 26.6 Å². The zero-order chi connectivity index (χ0) is 23.0. The topological polar surface area (TPSA) is 83.4 Å². The Morgan fingerprint density at radius 2 is 1.72 bits per heavy atom. The van der Waals surface area contributed by atoms with Crippen molar-refractivity contribution in [1.29, 1.82) is 0 Å². The normalized spacial score (nSPS) is 14.6. The third-order valence-corrected chi connectivity index (χ3v) is 7.11. The van der Waals surface area contributed by atoms with E-state index in [0.29, 0.717) is 21.1 Å². The first kappa shape index (κ1) is 22.2. The summed E-state index contributed by atoms with van der Waals surface area (Å²) in [6.07, 6.45) is 0. The Morgan fingerprint density at radius 1 is 1.03 bits per heavy atom. The van der Waals surface area contributed by atoms with Crippen LogP contribution in [-0.4, -0.2) is 58.8 Å². The van der Waals surface area contributed by atoms with Crippen molar-refractivity contribution in [2.24, 2.45) is 7.05 Å². The summed E-state index contributed by atoms with van der Waals surface area (Å²) in [6, 6.07) is 7.88. The number of amides is 1. The number of hydrogen-bond donors (Lipinski definition) is 1. The quantitative estimate of drug-likeness (QED) is 0.655. The first-order valence-electron chi connectivity index (χ1n) is 10.6. The van der Waals surface area contributed by atoms with Gasteiger partial charge in [0.1, 0.15) is 9.88 Å². The van der Waals surface area contributed by atoms with Gasteiger partial charge in [0, 0.05) is 33.2 Å². The predicted octanol–water partition coefficient (Wildman–Crippen LogP) is 2.83. The van der Waals surface area contributed by atoms with E-state index < -0.39 is 0 Å². The standard InChI is InChI=1S/C23H28N6O2S/c1-14-15(2)26-28(5)23(31)19(14)22-24-16(3)20(32-22)21(30)25-17-8-6-7-9-18(17)29-12-10-27(4)11-13-29/h6-9H,10-13H2,1-5H3,(H,25,30). The third-order valence-electron chi connectivity index (χ3n) is 5.94. The van der Waals surface area contributed by atoms with Gasteiger partial charge < -0.3 is 15.1 Å². The lowest BCUT2D eigenvalue weighted by Gasteiger charge is -2.35. The Labute approximate surface area is 191 Å². The Hall–Kier alpha value is -3.04. The van der Waals surface area contributed by atoms with E-state index in [-0.39, 0.29) is 11.5 Å². The van der Waals surface area contributed by atoms with Gasteiger partial charge in [-0.15, -0.1) is 11.3 Å². The second-order valence-electron chi connectivity index (χ2n) is 8.21. The van der Waals surface area contributed by atoms with Gasteiger partial charge in [-0.1, -0.05) is 12.1 Å². The number of benzene rings is 1. The first-order valence-corrected chi connectivity index (χ1v) is 11.4. The van der Waals surface area contributed by atoms with E-state index in [4.69, 9.17) is 0 Å². The number of carbonyl (C=O) groups excluding carboxylic acids is 1. The van der Waals surface area contributed by atoms with Gasteiger partial charge >= 0.3 is 0 Å². The summed E-state index contributed by atoms with van der Waals surface area (Å²) in [7, 11) is 3.75. The first-order chi connectivity index (χ1) is 15.3. The van der Waals surface area contributed by atoms with Crippen LogP contribution >= 0.6 is 11.3 Å². The molecule has 32 heavy (non-hydrogen) atoms. The van der Waals surface area contributed by atoms with Gasteiger partial charge in [-0.2, -0.15) is 5.10 Å². The highest BCUT2D eigenvalue weighted by Gasteiger charge is 2.23. The van der Waals surface area contributed by atoms with Crippen molar-refractivity contribution < 1.29 is 4.79 Å². The molecule has 168 valence electrons. The maximum atomic E-state index is 13.2. The van der Waals surface area contributed by atoms with E-state index in [1.54, 1.807) is 14.0 Å². The van der Waals surface area contributed by atoms with Gasteiger partial charge in [0.2, 0.25) is 0 Å². The highest BCUT2D eigenvalue weighted by Crippen LogP contribution is 2.31. The number of carbonyl (C=O) groups is 1. The molecule has 1 saturated heterocycles. The number of nitrogens with zero attached hydrogens (tertiary/aromatic N) is 5. The van der Waals surface area contributed by atoms with Crippen LogP contribution < -0.4 is 15.8 Å². The van der Waals surface area contributed by atoms with Crippen LogP contribution in [0.25, 0.3) is 10.6 Å². The second-order valence-corrected chi connectivity index (χ2v) is 9.21. The minimum Gasteiger partial charge on any atom is -0.367 e. The Morgan fingerprint density at radius 3 is 2.44 bits per heavy atom. The average molecular weight is 453 g/mol. The Balaban J connectivity index is 1.64. The third kappa shape index (κ3) is 4.18. The zero-order valence-corrected chi connectivity index (χ0v) is 19.9. The van der Waals surface area contributed by atoms with Crippen molar-refractivity contribution in [2.45, 2.75) is 20.8 Å². The van der Waals surface area contributed by atoms with E-state index in [1.807, 2.05) is 38.1 Å². The van der Waals surface area contributed by atoms with Crippen LogP contribution in [0, 0.1) is 20.8 Å². The molecule has 1 aromatic carbocycles. The summed E-state index contributed by atoms with van der Waals surface area (Å²) < 4.78 is 1.32. The van der Waals surface area contributed by atoms with Gasteiger partial charge in [-0.05, 0) is 45.5 Å². The average Bonchev–Trinajstić information content (AvgIpc) is 3.15. The molecule has 0 spiro atoms. The van der Waals surface area contributed by atoms with Gasteiger partial charge in [-0.3, -0.25) is 9.59 Å². The molecule has 2 aromatic heterocycles. The fourth-order valence-electron chi connectivity index (χ4n) is 3.90. The highest BCUT2D eigenvalue weighted by atomic mass is 32.1. The van der Waals surface area contributed by atoms with Crippen molar-refractivity contribution >= 4 is 28.6 Å². The molecule has 0 radical (unpaired) electrons. The lowest BCUT2D eigenvalue weighted by molar-refractivity contribution is 0.103. The van der Waals surface area contributed by atoms with E-state index in [9.17, 15) is 9.59 Å². The molecule has 9 heteroatoms. The molecule has 1 aliphatic rings. The summed E-state index contributed by atoms with van der Waals surface area (Å²) in [5, 5.41) is 7.85. The fraction of sp³-hybridized carbons (Fsp3) is 0.391. The number of para-hydroxylation sites is 2. The van der Waals surface area contributed by atoms with Crippen LogP contribution in [-0.2, 0) is 7.05 Å². The lowest BCUT2D eigenvalue weighted by atomic mass is 10.1. The van der Waals surface area contributed by atoms with Gasteiger partial charge in [0.05, 0.1) is 28.3 Å². The number of nitrogens with one attached hydrogen (secondary N) is 1. The SMILES string of the molecule is Cc1nc(-c2c(C)c(C)nn(C)c2=O)sc1C(=O)Nc1ccccc1N1CCN(C)CC1. The monoisotopic (exact) mass is 452 g/mol. The van der Waals surface area contributed by atoms with Crippen molar-refractivity contribution in [1.82, 2.24) is 19.7 Å². The summed E-state index contributed by atoms with van der Waals surface area (Å²) in [4.78, 5) is 35.6. The lowest BCUT2D eigenvalue weighted by Crippen LogP contribution is -2.44. The maximum Gasteiger partial charge on any atom is 0.277 e. The summed E-state index contributed by atoms with van der Waals surface area (Å²) in [5.41, 5.74) is 4.25. The molecule has 0 atom stereocenters. The van der Waals surface area contributed by atoms with Crippen molar-refractivity contribution in [3.63, 3.8) is 0 Å². The Kier molecular flexibility index (Phi) is 6.12. The van der Waals surface area contributed by atoms with E-state index >= 15 is 0 Å². The molecular formula is C23H28N6O2S. The number of anilines is 2. The van der Waals surface area contributed by atoms with E-state index in [1.165, 1.54) is 16.0 Å². The predicted molar refractivity (Wildman–Crippen MR) is 129 cm³/mol. The van der Waals surface area contributed by atoms with E-state index in [2.05, 4.69) is 32.2 Å². The van der Waals surface area contributed by atoms with Crippen molar-refractivity contribution in [2.75, 3.05) is 43.4 Å². The minimum atomic E-state index is -0.215. The largest absolute Gasteiger partial charge is 0.367 e.